The van der Waals surface area contributed by atoms with Crippen molar-refractivity contribution < 1.29 is 9.32 Å². The molecule has 1 unspecified atom stereocenters. The molecule has 0 aliphatic carbocycles. The molecule has 1 atom stereocenters. The summed E-state index contributed by atoms with van der Waals surface area (Å²) in [5.74, 6) is -0.277. The molecule has 0 saturated heterocycles. The van der Waals surface area contributed by atoms with E-state index in [0.717, 1.165) is 4.88 Å². The van der Waals surface area contributed by atoms with Crippen LogP contribution in [0.25, 0.3) is 0 Å². The van der Waals surface area contributed by atoms with Crippen LogP contribution in [0.2, 0.25) is 0 Å². The molecule has 5 nitrogen and oxygen atoms in total. The van der Waals surface area contributed by atoms with Gasteiger partial charge in [-0.25, -0.2) is 0 Å². The molecule has 3 N–H and O–H groups in total. The standard InChI is InChI=1S/C9H9N3O2S/c10-8(7-2-1-3-15-7)9(13)12-6-4-11-14-5-6/h1-5,8H,10H2,(H,12,13). The quantitative estimate of drug-likeness (QED) is 0.823. The van der Waals surface area contributed by atoms with E-state index in [9.17, 15) is 4.79 Å². The monoisotopic (exact) mass is 223 g/mol. The zero-order valence-corrected chi connectivity index (χ0v) is 8.53. The summed E-state index contributed by atoms with van der Waals surface area (Å²) in [5.41, 5.74) is 6.25. The summed E-state index contributed by atoms with van der Waals surface area (Å²) in [6.45, 7) is 0. The van der Waals surface area contributed by atoms with Crippen LogP contribution in [0.1, 0.15) is 10.9 Å². The number of carbonyl (C=O) groups excluding carboxylic acids is 1. The Morgan fingerprint density at radius 1 is 1.67 bits per heavy atom. The summed E-state index contributed by atoms with van der Waals surface area (Å²) in [6.07, 6.45) is 2.76. The van der Waals surface area contributed by atoms with Gasteiger partial charge >= 0.3 is 0 Å². The van der Waals surface area contributed by atoms with E-state index >= 15 is 0 Å². The lowest BCUT2D eigenvalue weighted by atomic mass is 10.2. The van der Waals surface area contributed by atoms with Gasteiger partial charge in [-0.3, -0.25) is 4.79 Å². The molecule has 15 heavy (non-hydrogen) atoms. The highest BCUT2D eigenvalue weighted by Crippen LogP contribution is 2.18. The Morgan fingerprint density at radius 2 is 2.53 bits per heavy atom. The predicted molar refractivity (Wildman–Crippen MR) is 56.4 cm³/mol. The molecule has 2 rings (SSSR count). The molecule has 1 amide bonds. The van der Waals surface area contributed by atoms with E-state index in [2.05, 4.69) is 15.0 Å². The van der Waals surface area contributed by atoms with E-state index in [4.69, 9.17) is 5.73 Å². The third kappa shape index (κ3) is 2.23. The molecule has 78 valence electrons. The highest BCUT2D eigenvalue weighted by molar-refractivity contribution is 7.10. The third-order valence-electron chi connectivity index (χ3n) is 1.83. The number of anilines is 1. The van der Waals surface area contributed by atoms with Crippen molar-refractivity contribution in [3.05, 3.63) is 34.8 Å². The van der Waals surface area contributed by atoms with Gasteiger partial charge in [0.25, 0.3) is 0 Å². The van der Waals surface area contributed by atoms with Gasteiger partial charge < -0.3 is 15.6 Å². The minimum absolute atomic E-state index is 0.277. The zero-order chi connectivity index (χ0) is 10.7. The number of thiophene rings is 1. The SMILES string of the molecule is NC(C(=O)Nc1cnoc1)c1cccs1. The zero-order valence-electron chi connectivity index (χ0n) is 7.71. The van der Waals surface area contributed by atoms with Gasteiger partial charge in [-0.2, -0.15) is 0 Å². The van der Waals surface area contributed by atoms with Crippen molar-refractivity contribution in [1.29, 1.82) is 0 Å². The molecule has 6 heteroatoms. The molecule has 0 aromatic carbocycles. The number of aromatic nitrogens is 1. The van der Waals surface area contributed by atoms with Crippen molar-refractivity contribution in [2.45, 2.75) is 6.04 Å². The number of nitrogens with zero attached hydrogens (tertiary/aromatic N) is 1. The fourth-order valence-electron chi connectivity index (χ4n) is 1.08. The number of carbonyl (C=O) groups is 1. The molecule has 2 aromatic rings. The van der Waals surface area contributed by atoms with Gasteiger partial charge in [0.05, 0.1) is 6.20 Å². The molecule has 0 aliphatic rings. The Balaban J connectivity index is 2.03. The average molecular weight is 223 g/mol. The van der Waals surface area contributed by atoms with Crippen LogP contribution in [0.15, 0.2) is 34.5 Å². The summed E-state index contributed by atoms with van der Waals surface area (Å²) >= 11 is 1.45. The molecule has 2 heterocycles. The van der Waals surface area contributed by atoms with Crippen molar-refractivity contribution in [3.8, 4) is 0 Å². The van der Waals surface area contributed by atoms with Crippen LogP contribution in [0.3, 0.4) is 0 Å². The Kier molecular flexibility index (Phi) is 2.79. The number of hydrogen-bond acceptors (Lipinski definition) is 5. The summed E-state index contributed by atoms with van der Waals surface area (Å²) in [6, 6.07) is 3.02. The summed E-state index contributed by atoms with van der Waals surface area (Å²) in [7, 11) is 0. The second kappa shape index (κ2) is 4.24. The lowest BCUT2D eigenvalue weighted by molar-refractivity contribution is -0.117. The van der Waals surface area contributed by atoms with Gasteiger partial charge in [-0.1, -0.05) is 11.2 Å². The Morgan fingerprint density at radius 3 is 3.13 bits per heavy atom. The van der Waals surface area contributed by atoms with Crippen molar-refractivity contribution >= 4 is 22.9 Å². The first-order valence-electron chi connectivity index (χ1n) is 4.26. The van der Waals surface area contributed by atoms with Gasteiger partial charge in [0, 0.05) is 4.88 Å². The number of nitrogens with two attached hydrogens (primary N) is 1. The predicted octanol–water partition coefficient (Wildman–Crippen LogP) is 1.37. The Hall–Kier alpha value is -1.66. The number of nitrogens with one attached hydrogen (secondary N) is 1. The molecule has 0 fully saturated rings. The van der Waals surface area contributed by atoms with Crippen LogP contribution >= 0.6 is 11.3 Å². The maximum absolute atomic E-state index is 11.6. The fourth-order valence-corrected chi connectivity index (χ4v) is 1.81. The van der Waals surface area contributed by atoms with E-state index in [-0.39, 0.29) is 5.91 Å². The molecule has 0 saturated carbocycles. The molecule has 0 bridgehead atoms. The molecule has 0 radical (unpaired) electrons. The van der Waals surface area contributed by atoms with Gasteiger partial charge in [0.1, 0.15) is 18.0 Å². The second-order valence-corrected chi connectivity index (χ2v) is 3.87. The smallest absolute Gasteiger partial charge is 0.246 e. The lowest BCUT2D eigenvalue weighted by Crippen LogP contribution is -2.26. The largest absolute Gasteiger partial charge is 0.363 e. The normalized spacial score (nSPS) is 12.3. The summed E-state index contributed by atoms with van der Waals surface area (Å²) in [4.78, 5) is 12.4. The minimum Gasteiger partial charge on any atom is -0.363 e. The third-order valence-corrected chi connectivity index (χ3v) is 2.79. The van der Waals surface area contributed by atoms with Crippen LogP contribution in [-0.2, 0) is 4.79 Å². The van der Waals surface area contributed by atoms with Gasteiger partial charge in [0.15, 0.2) is 0 Å². The summed E-state index contributed by atoms with van der Waals surface area (Å²) in [5, 5.41) is 7.94. The maximum atomic E-state index is 11.6. The number of rotatable bonds is 3. The van der Waals surface area contributed by atoms with Crippen LogP contribution in [0.5, 0.6) is 0 Å². The van der Waals surface area contributed by atoms with Gasteiger partial charge in [0.2, 0.25) is 5.91 Å². The Labute approximate surface area is 89.9 Å². The first-order valence-corrected chi connectivity index (χ1v) is 5.14. The molecule has 2 aromatic heterocycles. The van der Waals surface area contributed by atoms with E-state index in [1.54, 1.807) is 0 Å². The molecule has 0 spiro atoms. The first kappa shape index (κ1) is 9.88. The molecule has 0 aliphatic heterocycles. The number of hydrogen-bond donors (Lipinski definition) is 2. The van der Waals surface area contributed by atoms with E-state index in [1.807, 2.05) is 17.5 Å². The van der Waals surface area contributed by atoms with Crippen LogP contribution in [0, 0.1) is 0 Å². The van der Waals surface area contributed by atoms with Crippen molar-refractivity contribution in [1.82, 2.24) is 5.16 Å². The van der Waals surface area contributed by atoms with Gasteiger partial charge in [-0.15, -0.1) is 11.3 Å². The highest BCUT2D eigenvalue weighted by Gasteiger charge is 2.16. The van der Waals surface area contributed by atoms with E-state index in [0.29, 0.717) is 5.69 Å². The van der Waals surface area contributed by atoms with Crippen molar-refractivity contribution in [2.24, 2.45) is 5.73 Å². The summed E-state index contributed by atoms with van der Waals surface area (Å²) < 4.78 is 4.58. The highest BCUT2D eigenvalue weighted by atomic mass is 32.1. The minimum atomic E-state index is -0.653. The van der Waals surface area contributed by atoms with Gasteiger partial charge in [-0.05, 0) is 11.4 Å². The van der Waals surface area contributed by atoms with E-state index < -0.39 is 6.04 Å². The lowest BCUT2D eigenvalue weighted by Gasteiger charge is -2.08. The Bertz CT molecular complexity index is 424. The first-order chi connectivity index (χ1) is 7.27. The molecular weight excluding hydrogens is 214 g/mol. The molecular formula is C9H9N3O2S. The maximum Gasteiger partial charge on any atom is 0.246 e. The van der Waals surface area contributed by atoms with Crippen molar-refractivity contribution in [2.75, 3.05) is 5.32 Å². The van der Waals surface area contributed by atoms with Crippen LogP contribution in [0.4, 0.5) is 5.69 Å². The van der Waals surface area contributed by atoms with Crippen molar-refractivity contribution in [3.63, 3.8) is 0 Å². The van der Waals surface area contributed by atoms with Crippen LogP contribution < -0.4 is 11.1 Å². The van der Waals surface area contributed by atoms with E-state index in [1.165, 1.54) is 23.8 Å². The van der Waals surface area contributed by atoms with Crippen LogP contribution in [-0.4, -0.2) is 11.1 Å². The topological polar surface area (TPSA) is 81.2 Å². The number of amides is 1. The second-order valence-electron chi connectivity index (χ2n) is 2.90. The fraction of sp³-hybridized carbons (Fsp3) is 0.111. The average Bonchev–Trinajstić information content (AvgIpc) is 2.88.